The van der Waals surface area contributed by atoms with Gasteiger partial charge in [0.05, 0.1) is 26.4 Å². The summed E-state index contributed by atoms with van der Waals surface area (Å²) < 4.78 is 15.4. The van der Waals surface area contributed by atoms with Gasteiger partial charge in [-0.15, -0.1) is 0 Å². The normalized spacial score (nSPS) is 22.6. The van der Waals surface area contributed by atoms with Crippen molar-refractivity contribution in [3.63, 3.8) is 0 Å². The first-order valence-electron chi connectivity index (χ1n) is 5.01. The highest BCUT2D eigenvalue weighted by molar-refractivity contribution is 5.81. The molecule has 0 radical (unpaired) electrons. The number of Topliss-reactive ketones (excluding diaryl/α,β-unsaturated/α-hetero) is 1. The number of hydrogen-bond donors (Lipinski definition) is 0. The van der Waals surface area contributed by atoms with E-state index in [1.807, 2.05) is 0 Å². The van der Waals surface area contributed by atoms with Gasteiger partial charge in [0.1, 0.15) is 5.78 Å². The third-order valence-corrected chi connectivity index (χ3v) is 2.31. The van der Waals surface area contributed by atoms with E-state index in [1.165, 1.54) is 0 Å². The molecular formula is C10H18O4. The van der Waals surface area contributed by atoms with Gasteiger partial charge in [-0.2, -0.15) is 0 Å². The van der Waals surface area contributed by atoms with E-state index in [4.69, 9.17) is 14.2 Å². The topological polar surface area (TPSA) is 44.8 Å². The molecule has 1 atom stereocenters. The second-order valence-electron chi connectivity index (χ2n) is 3.38. The van der Waals surface area contributed by atoms with Crippen molar-refractivity contribution < 1.29 is 19.0 Å². The molecule has 14 heavy (non-hydrogen) atoms. The molecule has 1 saturated heterocycles. The number of rotatable bonds is 6. The number of ketones is 1. The summed E-state index contributed by atoms with van der Waals surface area (Å²) in [5.74, 6) is 0.359. The van der Waals surface area contributed by atoms with Crippen LogP contribution in [0.4, 0.5) is 0 Å². The standard InChI is InChI=1S/C10H18O4/c1-12-6-7-13-4-2-9-8-14-5-3-10(9)11/h9H,2-8H2,1H3. The smallest absolute Gasteiger partial charge is 0.140 e. The van der Waals surface area contributed by atoms with Crippen molar-refractivity contribution in [1.29, 1.82) is 0 Å². The minimum Gasteiger partial charge on any atom is -0.382 e. The molecule has 0 bridgehead atoms. The number of hydrogen-bond acceptors (Lipinski definition) is 4. The Morgan fingerprint density at radius 3 is 3.00 bits per heavy atom. The second kappa shape index (κ2) is 6.92. The maximum Gasteiger partial charge on any atom is 0.140 e. The lowest BCUT2D eigenvalue weighted by atomic mass is 9.98. The monoisotopic (exact) mass is 202 g/mol. The third-order valence-electron chi connectivity index (χ3n) is 2.31. The molecule has 0 aromatic rings. The molecule has 0 aliphatic carbocycles. The summed E-state index contributed by atoms with van der Waals surface area (Å²) in [6.07, 6.45) is 1.32. The first-order chi connectivity index (χ1) is 6.84. The van der Waals surface area contributed by atoms with Gasteiger partial charge in [0, 0.05) is 26.1 Å². The zero-order valence-corrected chi connectivity index (χ0v) is 8.66. The van der Waals surface area contributed by atoms with Gasteiger partial charge in [-0.3, -0.25) is 4.79 Å². The van der Waals surface area contributed by atoms with Crippen molar-refractivity contribution >= 4 is 5.78 Å². The van der Waals surface area contributed by atoms with E-state index in [9.17, 15) is 4.79 Å². The Balaban J connectivity index is 2.02. The third kappa shape index (κ3) is 4.17. The Bertz CT molecular complexity index is 170. The zero-order valence-electron chi connectivity index (χ0n) is 8.66. The summed E-state index contributed by atoms with van der Waals surface area (Å²) >= 11 is 0. The van der Waals surface area contributed by atoms with Gasteiger partial charge in [0.25, 0.3) is 0 Å². The summed E-state index contributed by atoms with van der Waals surface area (Å²) in [4.78, 5) is 11.4. The molecule has 1 heterocycles. The van der Waals surface area contributed by atoms with Gasteiger partial charge < -0.3 is 14.2 Å². The van der Waals surface area contributed by atoms with Crippen LogP contribution in [-0.2, 0) is 19.0 Å². The van der Waals surface area contributed by atoms with Crippen molar-refractivity contribution in [2.24, 2.45) is 5.92 Å². The molecule has 0 saturated carbocycles. The molecule has 1 rings (SSSR count). The van der Waals surface area contributed by atoms with Crippen LogP contribution in [0.15, 0.2) is 0 Å². The molecule has 1 fully saturated rings. The largest absolute Gasteiger partial charge is 0.382 e. The zero-order chi connectivity index (χ0) is 10.2. The Kier molecular flexibility index (Phi) is 5.75. The van der Waals surface area contributed by atoms with Crippen LogP contribution >= 0.6 is 0 Å². The summed E-state index contributed by atoms with van der Waals surface area (Å²) in [7, 11) is 1.64. The average Bonchev–Trinajstić information content (AvgIpc) is 2.20. The summed E-state index contributed by atoms with van der Waals surface area (Å²) in [5, 5.41) is 0. The van der Waals surface area contributed by atoms with Crippen LogP contribution in [0.25, 0.3) is 0 Å². The highest BCUT2D eigenvalue weighted by Gasteiger charge is 2.22. The van der Waals surface area contributed by atoms with Gasteiger partial charge in [-0.05, 0) is 6.42 Å². The molecule has 4 heteroatoms. The molecule has 0 spiro atoms. The molecular weight excluding hydrogens is 184 g/mol. The van der Waals surface area contributed by atoms with Crippen molar-refractivity contribution in [3.8, 4) is 0 Å². The number of carbonyl (C=O) groups excluding carboxylic acids is 1. The highest BCUT2D eigenvalue weighted by Crippen LogP contribution is 2.13. The first-order valence-corrected chi connectivity index (χ1v) is 5.01. The predicted octanol–water partition coefficient (Wildman–Crippen LogP) is 0.645. The second-order valence-corrected chi connectivity index (χ2v) is 3.38. The van der Waals surface area contributed by atoms with Gasteiger partial charge in [-0.1, -0.05) is 0 Å². The lowest BCUT2D eigenvalue weighted by Gasteiger charge is -2.20. The lowest BCUT2D eigenvalue weighted by molar-refractivity contribution is -0.131. The van der Waals surface area contributed by atoms with Gasteiger partial charge in [0.2, 0.25) is 0 Å². The van der Waals surface area contributed by atoms with Crippen molar-refractivity contribution in [2.75, 3.05) is 40.1 Å². The van der Waals surface area contributed by atoms with Crippen LogP contribution in [0.5, 0.6) is 0 Å². The first kappa shape index (κ1) is 11.6. The van der Waals surface area contributed by atoms with E-state index < -0.39 is 0 Å². The van der Waals surface area contributed by atoms with Crippen LogP contribution < -0.4 is 0 Å². The van der Waals surface area contributed by atoms with Crippen LogP contribution in [0.1, 0.15) is 12.8 Å². The van der Waals surface area contributed by atoms with Crippen LogP contribution in [-0.4, -0.2) is 45.9 Å². The van der Waals surface area contributed by atoms with Crippen LogP contribution in [0.2, 0.25) is 0 Å². The number of carbonyl (C=O) groups is 1. The van der Waals surface area contributed by atoms with E-state index in [1.54, 1.807) is 7.11 Å². The minimum atomic E-state index is 0.0475. The quantitative estimate of drug-likeness (QED) is 0.593. The van der Waals surface area contributed by atoms with Gasteiger partial charge in [-0.25, -0.2) is 0 Å². The van der Waals surface area contributed by atoms with E-state index in [2.05, 4.69) is 0 Å². The minimum absolute atomic E-state index is 0.0475. The Morgan fingerprint density at radius 1 is 1.43 bits per heavy atom. The molecule has 1 aliphatic rings. The predicted molar refractivity (Wildman–Crippen MR) is 51.2 cm³/mol. The molecule has 82 valence electrons. The fraction of sp³-hybridized carbons (Fsp3) is 0.900. The number of ether oxygens (including phenoxy) is 3. The van der Waals surface area contributed by atoms with Gasteiger partial charge in [0.15, 0.2) is 0 Å². The number of methoxy groups -OCH3 is 1. The Morgan fingerprint density at radius 2 is 2.29 bits per heavy atom. The molecule has 0 aromatic carbocycles. The summed E-state index contributed by atoms with van der Waals surface area (Å²) in [5.41, 5.74) is 0. The molecule has 4 nitrogen and oxygen atoms in total. The van der Waals surface area contributed by atoms with Crippen molar-refractivity contribution in [3.05, 3.63) is 0 Å². The van der Waals surface area contributed by atoms with E-state index >= 15 is 0 Å². The van der Waals surface area contributed by atoms with Crippen LogP contribution in [0.3, 0.4) is 0 Å². The maximum absolute atomic E-state index is 11.4. The Labute approximate surface area is 84.5 Å². The fourth-order valence-corrected chi connectivity index (χ4v) is 1.41. The van der Waals surface area contributed by atoms with Crippen molar-refractivity contribution in [1.82, 2.24) is 0 Å². The Hall–Kier alpha value is -0.450. The lowest BCUT2D eigenvalue weighted by Crippen LogP contribution is -2.28. The molecule has 1 unspecified atom stereocenters. The molecule has 1 aliphatic heterocycles. The van der Waals surface area contributed by atoms with Gasteiger partial charge >= 0.3 is 0 Å². The SMILES string of the molecule is COCCOCCC1COCCC1=O. The van der Waals surface area contributed by atoms with E-state index in [0.29, 0.717) is 45.2 Å². The molecule has 0 amide bonds. The summed E-state index contributed by atoms with van der Waals surface area (Å²) in [6.45, 7) is 2.96. The molecule has 0 aromatic heterocycles. The summed E-state index contributed by atoms with van der Waals surface area (Å²) in [6, 6.07) is 0. The maximum atomic E-state index is 11.4. The fourth-order valence-electron chi connectivity index (χ4n) is 1.41. The van der Waals surface area contributed by atoms with E-state index in [-0.39, 0.29) is 5.92 Å². The average molecular weight is 202 g/mol. The molecule has 0 N–H and O–H groups in total. The highest BCUT2D eigenvalue weighted by atomic mass is 16.5. The van der Waals surface area contributed by atoms with Crippen LogP contribution in [0, 0.1) is 5.92 Å². The van der Waals surface area contributed by atoms with Crippen molar-refractivity contribution in [2.45, 2.75) is 12.8 Å². The van der Waals surface area contributed by atoms with E-state index in [0.717, 1.165) is 6.42 Å².